The van der Waals surface area contributed by atoms with Gasteiger partial charge in [0.15, 0.2) is 0 Å². The number of nitrogens with zero attached hydrogens (tertiary/aromatic N) is 1. The molecule has 14 heavy (non-hydrogen) atoms. The molecule has 2 nitrogen and oxygen atoms in total. The van der Waals surface area contributed by atoms with Crippen molar-refractivity contribution in [1.82, 2.24) is 4.90 Å². The van der Waals surface area contributed by atoms with E-state index in [0.29, 0.717) is 0 Å². The smallest absolute Gasteiger partial charge is 0.00218 e. The van der Waals surface area contributed by atoms with Crippen LogP contribution in [0.15, 0.2) is 0 Å². The van der Waals surface area contributed by atoms with Gasteiger partial charge in [0.25, 0.3) is 0 Å². The van der Waals surface area contributed by atoms with Gasteiger partial charge in [-0.05, 0) is 45.9 Å². The summed E-state index contributed by atoms with van der Waals surface area (Å²) in [6, 6.07) is 0. The van der Waals surface area contributed by atoms with Crippen LogP contribution in [0.3, 0.4) is 0 Å². The minimum atomic E-state index is 0.854. The zero-order chi connectivity index (χ0) is 10.6. The third-order valence-corrected chi connectivity index (χ3v) is 2.64. The normalized spacial score (nSPS) is 11.1. The van der Waals surface area contributed by atoms with Crippen LogP contribution in [0, 0.1) is 0 Å². The molecule has 0 aliphatic rings. The fourth-order valence-electron chi connectivity index (χ4n) is 1.62. The Labute approximate surface area is 89.9 Å². The number of hydrogen-bond acceptors (Lipinski definition) is 2. The number of rotatable bonds is 10. The molecule has 0 amide bonds. The standard InChI is InChI=1S/C12H28N2/c1-3-4-8-11-14(2)12-9-6-5-7-10-13/h3-13H2,1-2H3. The second kappa shape index (κ2) is 11.0. The Morgan fingerprint density at radius 3 is 2.00 bits per heavy atom. The van der Waals surface area contributed by atoms with E-state index in [1.54, 1.807) is 0 Å². The van der Waals surface area contributed by atoms with Crippen molar-refractivity contribution in [3.8, 4) is 0 Å². The fourth-order valence-corrected chi connectivity index (χ4v) is 1.62. The lowest BCUT2D eigenvalue weighted by Gasteiger charge is -2.15. The summed E-state index contributed by atoms with van der Waals surface area (Å²) in [5.74, 6) is 0. The van der Waals surface area contributed by atoms with Crippen LogP contribution in [0.4, 0.5) is 0 Å². The molecule has 0 saturated heterocycles. The van der Waals surface area contributed by atoms with Gasteiger partial charge >= 0.3 is 0 Å². The molecule has 0 aromatic heterocycles. The molecule has 2 N–H and O–H groups in total. The minimum Gasteiger partial charge on any atom is -0.330 e. The van der Waals surface area contributed by atoms with Gasteiger partial charge in [-0.3, -0.25) is 0 Å². The van der Waals surface area contributed by atoms with Crippen LogP contribution in [0.2, 0.25) is 0 Å². The second-order valence-corrected chi connectivity index (χ2v) is 4.21. The predicted octanol–water partition coefficient (Wildman–Crippen LogP) is 2.63. The lowest BCUT2D eigenvalue weighted by atomic mass is 10.2. The molecule has 0 aliphatic carbocycles. The Balaban J connectivity index is 3.06. The molecule has 0 unspecified atom stereocenters. The number of hydrogen-bond donors (Lipinski definition) is 1. The highest BCUT2D eigenvalue weighted by molar-refractivity contribution is 4.53. The van der Waals surface area contributed by atoms with E-state index in [1.807, 2.05) is 0 Å². The van der Waals surface area contributed by atoms with E-state index in [2.05, 4.69) is 18.9 Å². The van der Waals surface area contributed by atoms with Crippen LogP contribution >= 0.6 is 0 Å². The van der Waals surface area contributed by atoms with E-state index in [-0.39, 0.29) is 0 Å². The largest absolute Gasteiger partial charge is 0.330 e. The van der Waals surface area contributed by atoms with E-state index in [9.17, 15) is 0 Å². The van der Waals surface area contributed by atoms with E-state index >= 15 is 0 Å². The highest BCUT2D eigenvalue weighted by atomic mass is 15.1. The van der Waals surface area contributed by atoms with Gasteiger partial charge in [-0.25, -0.2) is 0 Å². The van der Waals surface area contributed by atoms with Crippen molar-refractivity contribution in [2.45, 2.75) is 51.9 Å². The molecule has 0 bridgehead atoms. The molecule has 0 fully saturated rings. The highest BCUT2D eigenvalue weighted by Crippen LogP contribution is 2.01. The first kappa shape index (κ1) is 13.9. The summed E-state index contributed by atoms with van der Waals surface area (Å²) in [7, 11) is 2.23. The summed E-state index contributed by atoms with van der Waals surface area (Å²) in [6.07, 6.45) is 9.23. The van der Waals surface area contributed by atoms with Crippen molar-refractivity contribution in [2.24, 2.45) is 5.73 Å². The fraction of sp³-hybridized carbons (Fsp3) is 1.00. The maximum atomic E-state index is 5.44. The van der Waals surface area contributed by atoms with Crippen molar-refractivity contribution in [1.29, 1.82) is 0 Å². The van der Waals surface area contributed by atoms with Crippen LogP contribution in [0.1, 0.15) is 51.9 Å². The average Bonchev–Trinajstić information content (AvgIpc) is 2.18. The van der Waals surface area contributed by atoms with Crippen LogP contribution in [-0.2, 0) is 0 Å². The molecule has 0 aromatic carbocycles. The summed E-state index contributed by atoms with van der Waals surface area (Å²) >= 11 is 0. The van der Waals surface area contributed by atoms with Crippen LogP contribution in [0.25, 0.3) is 0 Å². The summed E-state index contributed by atoms with van der Waals surface area (Å²) in [5.41, 5.74) is 5.44. The zero-order valence-corrected chi connectivity index (χ0v) is 10.1. The van der Waals surface area contributed by atoms with Gasteiger partial charge in [-0.1, -0.05) is 32.6 Å². The van der Waals surface area contributed by atoms with Gasteiger partial charge in [0.2, 0.25) is 0 Å². The third kappa shape index (κ3) is 10.0. The number of nitrogens with two attached hydrogens (primary N) is 1. The van der Waals surface area contributed by atoms with E-state index in [1.165, 1.54) is 58.0 Å². The molecule has 0 atom stereocenters. The van der Waals surface area contributed by atoms with Crippen LogP contribution in [0.5, 0.6) is 0 Å². The highest BCUT2D eigenvalue weighted by Gasteiger charge is 1.97. The van der Waals surface area contributed by atoms with Crippen LogP contribution in [-0.4, -0.2) is 31.6 Å². The minimum absolute atomic E-state index is 0.854. The molecule has 0 rings (SSSR count). The van der Waals surface area contributed by atoms with E-state index < -0.39 is 0 Å². The lowest BCUT2D eigenvalue weighted by molar-refractivity contribution is 0.316. The third-order valence-electron chi connectivity index (χ3n) is 2.64. The van der Waals surface area contributed by atoms with Crippen molar-refractivity contribution in [2.75, 3.05) is 26.7 Å². The quantitative estimate of drug-likeness (QED) is 0.549. The topological polar surface area (TPSA) is 29.3 Å². The van der Waals surface area contributed by atoms with Crippen molar-refractivity contribution >= 4 is 0 Å². The molecular formula is C12H28N2. The predicted molar refractivity (Wildman–Crippen MR) is 64.5 cm³/mol. The van der Waals surface area contributed by atoms with Crippen molar-refractivity contribution in [3.05, 3.63) is 0 Å². The first-order valence-electron chi connectivity index (χ1n) is 6.20. The first-order chi connectivity index (χ1) is 6.81. The molecule has 86 valence electrons. The van der Waals surface area contributed by atoms with E-state index in [0.717, 1.165) is 6.54 Å². The average molecular weight is 200 g/mol. The Hall–Kier alpha value is -0.0800. The summed E-state index contributed by atoms with van der Waals surface area (Å²) in [5, 5.41) is 0. The van der Waals surface area contributed by atoms with Gasteiger partial charge in [0.05, 0.1) is 0 Å². The lowest BCUT2D eigenvalue weighted by Crippen LogP contribution is -2.20. The second-order valence-electron chi connectivity index (χ2n) is 4.21. The van der Waals surface area contributed by atoms with Crippen molar-refractivity contribution in [3.63, 3.8) is 0 Å². The van der Waals surface area contributed by atoms with Gasteiger partial charge in [-0.2, -0.15) is 0 Å². The van der Waals surface area contributed by atoms with E-state index in [4.69, 9.17) is 5.73 Å². The summed E-state index contributed by atoms with van der Waals surface area (Å²) < 4.78 is 0. The molecule has 0 radical (unpaired) electrons. The monoisotopic (exact) mass is 200 g/mol. The molecule has 0 saturated carbocycles. The molecule has 0 heterocycles. The molecule has 0 spiro atoms. The van der Waals surface area contributed by atoms with Gasteiger partial charge < -0.3 is 10.6 Å². The van der Waals surface area contributed by atoms with Gasteiger partial charge in [0, 0.05) is 0 Å². The van der Waals surface area contributed by atoms with Crippen molar-refractivity contribution < 1.29 is 0 Å². The van der Waals surface area contributed by atoms with Crippen LogP contribution < -0.4 is 5.73 Å². The Morgan fingerprint density at radius 1 is 0.857 bits per heavy atom. The first-order valence-corrected chi connectivity index (χ1v) is 6.20. The summed E-state index contributed by atoms with van der Waals surface area (Å²) in [6.45, 7) is 5.64. The maximum absolute atomic E-state index is 5.44. The van der Waals surface area contributed by atoms with Gasteiger partial charge in [-0.15, -0.1) is 0 Å². The number of unbranched alkanes of at least 4 members (excludes halogenated alkanes) is 5. The van der Waals surface area contributed by atoms with Gasteiger partial charge in [0.1, 0.15) is 0 Å². The zero-order valence-electron chi connectivity index (χ0n) is 10.1. The molecular weight excluding hydrogens is 172 g/mol. The SMILES string of the molecule is CCCCCN(C)CCCCCCN. The Kier molecular flexibility index (Phi) is 10.9. The molecule has 0 aliphatic heterocycles. The Bertz CT molecular complexity index is 104. The maximum Gasteiger partial charge on any atom is -0.00218 e. The summed E-state index contributed by atoms with van der Waals surface area (Å²) in [4.78, 5) is 2.46. The molecule has 2 heteroatoms. The molecule has 0 aromatic rings. The Morgan fingerprint density at radius 2 is 1.43 bits per heavy atom.